The monoisotopic (exact) mass is 249 g/mol. The van der Waals surface area contributed by atoms with Crippen LogP contribution >= 0.6 is 11.8 Å². The van der Waals surface area contributed by atoms with E-state index in [1.807, 2.05) is 17.8 Å². The van der Waals surface area contributed by atoms with E-state index >= 15 is 0 Å². The Hall–Kier alpha value is -0.730. The average Bonchev–Trinajstić information content (AvgIpc) is 2.36. The van der Waals surface area contributed by atoms with Gasteiger partial charge in [0.05, 0.1) is 0 Å². The van der Waals surface area contributed by atoms with Crippen molar-refractivity contribution in [2.24, 2.45) is 0 Å². The predicted molar refractivity (Wildman–Crippen MR) is 78.7 cm³/mol. The third kappa shape index (κ3) is 4.97. The number of hydrogen-bond donors (Lipinski definition) is 1. The van der Waals surface area contributed by atoms with Gasteiger partial charge in [-0.2, -0.15) is 0 Å². The van der Waals surface area contributed by atoms with Gasteiger partial charge in [0, 0.05) is 10.9 Å². The van der Waals surface area contributed by atoms with Crippen LogP contribution < -0.4 is 5.32 Å². The third-order valence-electron chi connectivity index (χ3n) is 2.64. The van der Waals surface area contributed by atoms with Crippen LogP contribution in [0.4, 0.5) is 0 Å². The van der Waals surface area contributed by atoms with Crippen LogP contribution in [0.15, 0.2) is 41.8 Å². The lowest BCUT2D eigenvalue weighted by Crippen LogP contribution is -2.21. The van der Waals surface area contributed by atoms with E-state index < -0.39 is 0 Å². The van der Waals surface area contributed by atoms with Gasteiger partial charge in [-0.1, -0.05) is 32.1 Å². The Labute approximate surface area is 110 Å². The van der Waals surface area contributed by atoms with E-state index in [1.165, 1.54) is 10.5 Å². The molecule has 0 saturated heterocycles. The molecule has 0 bridgehead atoms. The second-order valence-corrected chi connectivity index (χ2v) is 5.37. The molecule has 1 atom stereocenters. The van der Waals surface area contributed by atoms with Crippen LogP contribution in [-0.2, 0) is 0 Å². The van der Waals surface area contributed by atoms with Crippen LogP contribution in [0, 0.1) is 0 Å². The van der Waals surface area contributed by atoms with E-state index in [-0.39, 0.29) is 0 Å². The number of nitrogens with one attached hydrogen (secondary N) is 1. The van der Waals surface area contributed by atoms with Crippen molar-refractivity contribution in [1.29, 1.82) is 0 Å². The van der Waals surface area contributed by atoms with Crippen LogP contribution in [0.25, 0.3) is 0 Å². The Balaban J connectivity index is 2.68. The van der Waals surface area contributed by atoms with Gasteiger partial charge in [0.1, 0.15) is 0 Å². The fourth-order valence-electron chi connectivity index (χ4n) is 1.79. The maximum atomic E-state index is 3.84. The van der Waals surface area contributed by atoms with E-state index in [1.54, 1.807) is 0 Å². The van der Waals surface area contributed by atoms with Crippen LogP contribution in [-0.4, -0.2) is 12.3 Å². The topological polar surface area (TPSA) is 12.0 Å². The lowest BCUT2D eigenvalue weighted by molar-refractivity contribution is 0.537. The summed E-state index contributed by atoms with van der Waals surface area (Å²) in [5, 5.41) is 3.56. The molecule has 1 aromatic rings. The first kappa shape index (κ1) is 14.3. The molecule has 0 heterocycles. The molecule has 0 fully saturated rings. The second-order valence-electron chi connectivity index (χ2n) is 4.03. The summed E-state index contributed by atoms with van der Waals surface area (Å²) in [5.74, 6) is 1.13. The minimum Gasteiger partial charge on any atom is -0.310 e. The SMILES string of the molecule is C=CCC(NCCC)c1ccc(SCC)cc1. The summed E-state index contributed by atoms with van der Waals surface area (Å²) in [7, 11) is 0. The van der Waals surface area contributed by atoms with E-state index in [9.17, 15) is 0 Å². The van der Waals surface area contributed by atoms with Crippen LogP contribution in [0.3, 0.4) is 0 Å². The zero-order chi connectivity index (χ0) is 12.5. The lowest BCUT2D eigenvalue weighted by Gasteiger charge is -2.17. The fourth-order valence-corrected chi connectivity index (χ4v) is 2.45. The summed E-state index contributed by atoms with van der Waals surface area (Å²) < 4.78 is 0. The Morgan fingerprint density at radius 2 is 2.00 bits per heavy atom. The highest BCUT2D eigenvalue weighted by molar-refractivity contribution is 7.99. The van der Waals surface area contributed by atoms with Crippen molar-refractivity contribution in [3.05, 3.63) is 42.5 Å². The van der Waals surface area contributed by atoms with Gasteiger partial charge in [-0.15, -0.1) is 18.3 Å². The normalized spacial score (nSPS) is 12.4. The van der Waals surface area contributed by atoms with Crippen molar-refractivity contribution >= 4 is 11.8 Å². The number of benzene rings is 1. The molecule has 0 spiro atoms. The zero-order valence-corrected chi connectivity index (χ0v) is 11.7. The maximum Gasteiger partial charge on any atom is 0.0354 e. The van der Waals surface area contributed by atoms with Crippen LogP contribution in [0.5, 0.6) is 0 Å². The molecule has 0 aromatic heterocycles. The van der Waals surface area contributed by atoms with Gasteiger partial charge in [-0.05, 0) is 42.8 Å². The summed E-state index contributed by atoms with van der Waals surface area (Å²) in [6.45, 7) is 9.27. The van der Waals surface area contributed by atoms with E-state index in [2.05, 4.69) is 50.0 Å². The summed E-state index contributed by atoms with van der Waals surface area (Å²) in [6, 6.07) is 9.30. The molecule has 94 valence electrons. The van der Waals surface area contributed by atoms with Crippen molar-refractivity contribution in [2.75, 3.05) is 12.3 Å². The zero-order valence-electron chi connectivity index (χ0n) is 10.9. The minimum atomic E-state index is 0.410. The molecular weight excluding hydrogens is 226 g/mol. The summed E-state index contributed by atoms with van der Waals surface area (Å²) >= 11 is 1.89. The van der Waals surface area contributed by atoms with Crippen molar-refractivity contribution in [3.8, 4) is 0 Å². The third-order valence-corrected chi connectivity index (χ3v) is 3.53. The molecule has 0 aliphatic heterocycles. The average molecular weight is 249 g/mol. The highest BCUT2D eigenvalue weighted by atomic mass is 32.2. The van der Waals surface area contributed by atoms with Crippen molar-refractivity contribution < 1.29 is 0 Å². The molecule has 1 aromatic carbocycles. The van der Waals surface area contributed by atoms with Gasteiger partial charge in [0.25, 0.3) is 0 Å². The first-order valence-corrected chi connectivity index (χ1v) is 7.37. The molecule has 0 aliphatic carbocycles. The largest absolute Gasteiger partial charge is 0.310 e. The molecule has 17 heavy (non-hydrogen) atoms. The highest BCUT2D eigenvalue weighted by Gasteiger charge is 2.08. The van der Waals surface area contributed by atoms with Crippen LogP contribution in [0.1, 0.15) is 38.3 Å². The second kappa shape index (κ2) is 8.37. The fraction of sp³-hybridized carbons (Fsp3) is 0.467. The van der Waals surface area contributed by atoms with Gasteiger partial charge in [-0.25, -0.2) is 0 Å². The molecule has 1 unspecified atom stereocenters. The first-order chi connectivity index (χ1) is 8.31. The summed E-state index contributed by atoms with van der Waals surface area (Å²) in [5.41, 5.74) is 1.36. The Morgan fingerprint density at radius 1 is 1.29 bits per heavy atom. The molecule has 0 amide bonds. The quantitative estimate of drug-likeness (QED) is 0.541. The van der Waals surface area contributed by atoms with E-state index in [0.717, 1.165) is 25.1 Å². The number of rotatable bonds is 8. The van der Waals surface area contributed by atoms with Gasteiger partial charge >= 0.3 is 0 Å². The maximum absolute atomic E-state index is 3.84. The van der Waals surface area contributed by atoms with Crippen LogP contribution in [0.2, 0.25) is 0 Å². The van der Waals surface area contributed by atoms with Crippen molar-refractivity contribution in [1.82, 2.24) is 5.32 Å². The molecule has 2 heteroatoms. The van der Waals surface area contributed by atoms with Gasteiger partial charge in [-0.3, -0.25) is 0 Å². The Bertz CT molecular complexity index is 318. The molecule has 0 radical (unpaired) electrons. The molecular formula is C15H23NS. The van der Waals surface area contributed by atoms with Crippen molar-refractivity contribution in [2.45, 2.75) is 37.6 Å². The molecule has 1 nitrogen and oxygen atoms in total. The first-order valence-electron chi connectivity index (χ1n) is 6.38. The van der Waals surface area contributed by atoms with Gasteiger partial charge < -0.3 is 5.32 Å². The van der Waals surface area contributed by atoms with E-state index in [4.69, 9.17) is 0 Å². The Morgan fingerprint density at radius 3 is 2.53 bits per heavy atom. The summed E-state index contributed by atoms with van der Waals surface area (Å²) in [4.78, 5) is 1.35. The smallest absolute Gasteiger partial charge is 0.0354 e. The highest BCUT2D eigenvalue weighted by Crippen LogP contribution is 2.22. The minimum absolute atomic E-state index is 0.410. The van der Waals surface area contributed by atoms with Gasteiger partial charge in [0.2, 0.25) is 0 Å². The predicted octanol–water partition coefficient (Wildman–Crippen LogP) is 4.42. The van der Waals surface area contributed by atoms with Crippen molar-refractivity contribution in [3.63, 3.8) is 0 Å². The molecule has 0 saturated carbocycles. The molecule has 0 aliphatic rings. The summed E-state index contributed by atoms with van der Waals surface area (Å²) in [6.07, 6.45) is 4.14. The molecule has 1 rings (SSSR count). The number of thioether (sulfide) groups is 1. The Kier molecular flexibility index (Phi) is 7.06. The molecule has 1 N–H and O–H groups in total. The van der Waals surface area contributed by atoms with Gasteiger partial charge in [0.15, 0.2) is 0 Å². The standard InChI is InChI=1S/C15H23NS/c1-4-7-15(16-12-5-2)13-8-10-14(11-9-13)17-6-3/h4,8-11,15-16H,1,5-7,12H2,2-3H3. The van der Waals surface area contributed by atoms with E-state index in [0.29, 0.717) is 6.04 Å². The lowest BCUT2D eigenvalue weighted by atomic mass is 10.0. The number of hydrogen-bond acceptors (Lipinski definition) is 2.